The maximum atomic E-state index is 6.03. The van der Waals surface area contributed by atoms with Crippen LogP contribution in [0.1, 0.15) is 50.9 Å². The van der Waals surface area contributed by atoms with E-state index in [0.717, 1.165) is 56.0 Å². The summed E-state index contributed by atoms with van der Waals surface area (Å²) in [6, 6.07) is 4.47. The first-order valence-electron chi connectivity index (χ1n) is 7.99. The van der Waals surface area contributed by atoms with E-state index in [1.165, 1.54) is 0 Å². The molecule has 1 fully saturated rings. The Kier molecular flexibility index (Phi) is 5.59. The van der Waals surface area contributed by atoms with Gasteiger partial charge in [0.25, 0.3) is 0 Å². The Morgan fingerprint density at radius 1 is 1.38 bits per heavy atom. The number of aromatic nitrogens is 1. The highest BCUT2D eigenvalue weighted by molar-refractivity contribution is 5.26. The fourth-order valence-electron chi connectivity index (χ4n) is 3.10. The Hall–Kier alpha value is -1.13. The molecule has 1 unspecified atom stereocenters. The zero-order valence-corrected chi connectivity index (χ0v) is 13.7. The topological polar surface area (TPSA) is 43.4 Å². The van der Waals surface area contributed by atoms with Gasteiger partial charge in [-0.3, -0.25) is 4.98 Å². The van der Waals surface area contributed by atoms with Crippen molar-refractivity contribution < 1.29 is 9.47 Å². The molecule has 1 saturated heterocycles. The van der Waals surface area contributed by atoms with E-state index in [0.29, 0.717) is 6.04 Å². The van der Waals surface area contributed by atoms with E-state index in [1.54, 1.807) is 7.11 Å². The number of hydrogen-bond donors (Lipinski definition) is 1. The van der Waals surface area contributed by atoms with E-state index in [-0.39, 0.29) is 5.60 Å². The van der Waals surface area contributed by atoms with Crippen molar-refractivity contribution in [3.63, 3.8) is 0 Å². The monoisotopic (exact) mass is 292 g/mol. The van der Waals surface area contributed by atoms with Gasteiger partial charge in [-0.25, -0.2) is 0 Å². The first-order valence-corrected chi connectivity index (χ1v) is 7.99. The van der Waals surface area contributed by atoms with Crippen LogP contribution in [0.2, 0.25) is 0 Å². The Bertz CT molecular complexity index is 458. The minimum Gasteiger partial charge on any atom is -0.497 e. The number of methoxy groups -OCH3 is 1. The number of nitrogens with one attached hydrogen (secondary N) is 1. The van der Waals surface area contributed by atoms with Gasteiger partial charge in [0.2, 0.25) is 0 Å². The van der Waals surface area contributed by atoms with Crippen LogP contribution in [0.25, 0.3) is 0 Å². The first kappa shape index (κ1) is 16.2. The van der Waals surface area contributed by atoms with E-state index in [4.69, 9.17) is 9.47 Å². The maximum Gasteiger partial charge on any atom is 0.122 e. The summed E-state index contributed by atoms with van der Waals surface area (Å²) in [6.07, 6.45) is 4.32. The van der Waals surface area contributed by atoms with Gasteiger partial charge < -0.3 is 14.8 Å². The number of rotatable bonds is 6. The van der Waals surface area contributed by atoms with Crippen LogP contribution in [0.3, 0.4) is 0 Å². The van der Waals surface area contributed by atoms with Crippen LogP contribution < -0.4 is 10.1 Å². The quantitative estimate of drug-likeness (QED) is 0.874. The summed E-state index contributed by atoms with van der Waals surface area (Å²) in [6.45, 7) is 8.08. The molecule has 0 aliphatic carbocycles. The number of aryl methyl sites for hydroxylation is 1. The van der Waals surface area contributed by atoms with Gasteiger partial charge in [0.05, 0.1) is 18.4 Å². The van der Waals surface area contributed by atoms with Gasteiger partial charge in [0.15, 0.2) is 0 Å². The molecule has 1 aromatic rings. The van der Waals surface area contributed by atoms with Gasteiger partial charge in [-0.05, 0) is 32.6 Å². The van der Waals surface area contributed by atoms with Crippen LogP contribution in [-0.2, 0) is 11.3 Å². The van der Waals surface area contributed by atoms with Crippen LogP contribution >= 0.6 is 0 Å². The molecule has 4 heteroatoms. The second-order valence-electron chi connectivity index (χ2n) is 5.95. The summed E-state index contributed by atoms with van der Waals surface area (Å²) in [5.74, 6) is 0.878. The minimum atomic E-state index is 0.0631. The number of nitrogens with zero attached hydrogens (tertiary/aromatic N) is 1. The molecule has 1 aliphatic heterocycles. The van der Waals surface area contributed by atoms with Crippen molar-refractivity contribution >= 4 is 0 Å². The summed E-state index contributed by atoms with van der Waals surface area (Å²) in [5.41, 5.74) is 2.10. The summed E-state index contributed by atoms with van der Waals surface area (Å²) < 4.78 is 11.3. The standard InChI is InChI=1S/C17H28N2O2/c1-5-17(6-2)11-14(7-8-21-17)18-12-15-10-16(20-4)9-13(3)19-15/h9-10,14,18H,5-8,11-12H2,1-4H3. The van der Waals surface area contributed by atoms with Crippen LogP contribution in [-0.4, -0.2) is 30.3 Å². The van der Waals surface area contributed by atoms with Crippen LogP contribution in [0.5, 0.6) is 5.75 Å². The van der Waals surface area contributed by atoms with Gasteiger partial charge in [0, 0.05) is 37.0 Å². The fraction of sp³-hybridized carbons (Fsp3) is 0.706. The lowest BCUT2D eigenvalue weighted by Crippen LogP contribution is -2.46. The molecule has 0 bridgehead atoms. The van der Waals surface area contributed by atoms with E-state index in [9.17, 15) is 0 Å². The highest BCUT2D eigenvalue weighted by Crippen LogP contribution is 2.31. The Labute approximate surface area is 128 Å². The Balaban J connectivity index is 1.95. The molecule has 2 rings (SSSR count). The highest BCUT2D eigenvalue weighted by Gasteiger charge is 2.34. The van der Waals surface area contributed by atoms with Gasteiger partial charge >= 0.3 is 0 Å². The molecule has 1 aliphatic rings. The Morgan fingerprint density at radius 2 is 2.14 bits per heavy atom. The van der Waals surface area contributed by atoms with Crippen molar-refractivity contribution in [3.05, 3.63) is 23.5 Å². The molecule has 0 saturated carbocycles. The van der Waals surface area contributed by atoms with Gasteiger partial charge in [-0.2, -0.15) is 0 Å². The smallest absolute Gasteiger partial charge is 0.122 e. The lowest BCUT2D eigenvalue weighted by Gasteiger charge is -2.40. The molecule has 0 amide bonds. The average molecular weight is 292 g/mol. The fourth-order valence-corrected chi connectivity index (χ4v) is 3.10. The SMILES string of the molecule is CCC1(CC)CC(NCc2cc(OC)cc(C)n2)CCO1. The molecule has 118 valence electrons. The second-order valence-corrected chi connectivity index (χ2v) is 5.95. The van der Waals surface area contributed by atoms with Crippen molar-refractivity contribution in [2.24, 2.45) is 0 Å². The van der Waals surface area contributed by atoms with E-state index >= 15 is 0 Å². The van der Waals surface area contributed by atoms with Crippen LogP contribution in [0.4, 0.5) is 0 Å². The summed E-state index contributed by atoms with van der Waals surface area (Å²) >= 11 is 0. The van der Waals surface area contributed by atoms with E-state index < -0.39 is 0 Å². The van der Waals surface area contributed by atoms with Crippen molar-refractivity contribution in [2.75, 3.05) is 13.7 Å². The van der Waals surface area contributed by atoms with Gasteiger partial charge in [-0.1, -0.05) is 13.8 Å². The van der Waals surface area contributed by atoms with E-state index in [2.05, 4.69) is 24.1 Å². The van der Waals surface area contributed by atoms with Gasteiger partial charge in [0.1, 0.15) is 5.75 Å². The van der Waals surface area contributed by atoms with Gasteiger partial charge in [-0.15, -0.1) is 0 Å². The Morgan fingerprint density at radius 3 is 2.81 bits per heavy atom. The molecule has 2 heterocycles. The first-order chi connectivity index (χ1) is 10.1. The molecular weight excluding hydrogens is 264 g/mol. The molecule has 0 radical (unpaired) electrons. The summed E-state index contributed by atoms with van der Waals surface area (Å²) in [4.78, 5) is 4.57. The third-order valence-corrected chi connectivity index (χ3v) is 4.57. The molecule has 0 spiro atoms. The zero-order valence-electron chi connectivity index (χ0n) is 13.7. The normalized spacial score (nSPS) is 21.2. The van der Waals surface area contributed by atoms with Crippen molar-refractivity contribution in [3.8, 4) is 5.75 Å². The maximum absolute atomic E-state index is 6.03. The molecule has 1 aromatic heterocycles. The molecule has 4 nitrogen and oxygen atoms in total. The van der Waals surface area contributed by atoms with Crippen LogP contribution in [0, 0.1) is 6.92 Å². The molecule has 1 N–H and O–H groups in total. The molecule has 21 heavy (non-hydrogen) atoms. The third-order valence-electron chi connectivity index (χ3n) is 4.57. The van der Waals surface area contributed by atoms with Crippen LogP contribution in [0.15, 0.2) is 12.1 Å². The van der Waals surface area contributed by atoms with Crippen molar-refractivity contribution in [1.82, 2.24) is 10.3 Å². The summed E-state index contributed by atoms with van der Waals surface area (Å²) in [5, 5.41) is 3.64. The number of ether oxygens (including phenoxy) is 2. The average Bonchev–Trinajstić information content (AvgIpc) is 2.52. The predicted molar refractivity (Wildman–Crippen MR) is 84.7 cm³/mol. The molecule has 1 atom stereocenters. The third kappa shape index (κ3) is 4.17. The zero-order chi connectivity index (χ0) is 15.3. The number of hydrogen-bond acceptors (Lipinski definition) is 4. The number of pyridine rings is 1. The minimum absolute atomic E-state index is 0.0631. The largest absolute Gasteiger partial charge is 0.497 e. The predicted octanol–water partition coefficient (Wildman–Crippen LogP) is 3.23. The van der Waals surface area contributed by atoms with E-state index in [1.807, 2.05) is 19.1 Å². The lowest BCUT2D eigenvalue weighted by atomic mass is 9.86. The summed E-state index contributed by atoms with van der Waals surface area (Å²) in [7, 11) is 1.70. The molecule has 0 aromatic carbocycles. The molecular formula is C17H28N2O2. The van der Waals surface area contributed by atoms with Crippen molar-refractivity contribution in [2.45, 2.75) is 64.6 Å². The second kappa shape index (κ2) is 7.23. The van der Waals surface area contributed by atoms with Crippen molar-refractivity contribution in [1.29, 1.82) is 0 Å². The lowest BCUT2D eigenvalue weighted by molar-refractivity contribution is -0.0932. The highest BCUT2D eigenvalue weighted by atomic mass is 16.5.